The summed E-state index contributed by atoms with van der Waals surface area (Å²) in [6.07, 6.45) is 1.61. The lowest BCUT2D eigenvalue weighted by Crippen LogP contribution is -2.05. The van der Waals surface area contributed by atoms with Gasteiger partial charge in [0.2, 0.25) is 0 Å². The van der Waals surface area contributed by atoms with E-state index in [0.29, 0.717) is 11.3 Å². The Morgan fingerprint density at radius 2 is 2.31 bits per heavy atom. The summed E-state index contributed by atoms with van der Waals surface area (Å²) in [5, 5.41) is 0.872. The number of carbonyl (C=O) groups is 1. The zero-order valence-electron chi connectivity index (χ0n) is 7.00. The first-order valence-electron chi connectivity index (χ1n) is 3.82. The van der Waals surface area contributed by atoms with Gasteiger partial charge in [-0.15, -0.1) is 0 Å². The number of nitrogens with two attached hydrogens (primary N) is 1. The fourth-order valence-corrected chi connectivity index (χ4v) is 1.50. The molecule has 1 aromatic carbocycles. The van der Waals surface area contributed by atoms with E-state index in [1.807, 2.05) is 6.07 Å². The van der Waals surface area contributed by atoms with Crippen molar-refractivity contribution in [3.05, 3.63) is 29.3 Å². The molecule has 4 heteroatoms. The van der Waals surface area contributed by atoms with Crippen LogP contribution in [0.25, 0.3) is 0 Å². The Kier molecular flexibility index (Phi) is 3.92. The first kappa shape index (κ1) is 10.2. The van der Waals surface area contributed by atoms with Crippen molar-refractivity contribution in [2.24, 2.45) is 5.90 Å². The van der Waals surface area contributed by atoms with Crippen LogP contribution in [0.4, 0.5) is 0 Å². The Balaban J connectivity index is 2.98. The third kappa shape index (κ3) is 2.54. The molecule has 2 N–H and O–H groups in total. The zero-order chi connectivity index (χ0) is 9.68. The molecular formula is C9H10BrNO2. The van der Waals surface area contributed by atoms with Gasteiger partial charge in [0.1, 0.15) is 0 Å². The van der Waals surface area contributed by atoms with E-state index in [9.17, 15) is 4.79 Å². The van der Waals surface area contributed by atoms with Gasteiger partial charge in [0.25, 0.3) is 0 Å². The van der Waals surface area contributed by atoms with Crippen LogP contribution in [0.2, 0.25) is 0 Å². The SMILES string of the molecule is NOc1cc(CCBr)ccc1C=O. The average Bonchev–Trinajstić information content (AvgIpc) is 2.18. The first-order chi connectivity index (χ1) is 6.31. The molecule has 0 amide bonds. The number of alkyl halides is 1. The second kappa shape index (κ2) is 4.99. The van der Waals surface area contributed by atoms with E-state index in [2.05, 4.69) is 20.8 Å². The van der Waals surface area contributed by atoms with Crippen LogP contribution >= 0.6 is 15.9 Å². The molecule has 1 aromatic rings. The number of rotatable bonds is 4. The summed E-state index contributed by atoms with van der Waals surface area (Å²) in [5.41, 5.74) is 1.56. The molecule has 70 valence electrons. The molecule has 1 rings (SSSR count). The van der Waals surface area contributed by atoms with Crippen LogP contribution in [0.1, 0.15) is 15.9 Å². The number of aryl methyl sites for hydroxylation is 1. The van der Waals surface area contributed by atoms with Crippen LogP contribution in [0.3, 0.4) is 0 Å². The lowest BCUT2D eigenvalue weighted by Gasteiger charge is -2.04. The van der Waals surface area contributed by atoms with Crippen molar-refractivity contribution in [1.29, 1.82) is 0 Å². The van der Waals surface area contributed by atoms with Crippen LogP contribution in [-0.2, 0) is 6.42 Å². The molecule has 0 aliphatic rings. The fraction of sp³-hybridized carbons (Fsp3) is 0.222. The molecule has 0 unspecified atom stereocenters. The third-order valence-corrected chi connectivity index (χ3v) is 2.11. The molecule has 0 saturated carbocycles. The van der Waals surface area contributed by atoms with E-state index in [1.165, 1.54) is 0 Å². The summed E-state index contributed by atoms with van der Waals surface area (Å²) in [5.74, 6) is 5.45. The Bertz CT molecular complexity index is 302. The Morgan fingerprint density at radius 3 is 2.85 bits per heavy atom. The molecule has 0 bridgehead atoms. The average molecular weight is 244 g/mol. The second-order valence-corrected chi connectivity index (χ2v) is 3.34. The number of aldehydes is 1. The van der Waals surface area contributed by atoms with Gasteiger partial charge < -0.3 is 4.84 Å². The Hall–Kier alpha value is -0.870. The largest absolute Gasteiger partial charge is 0.411 e. The highest BCUT2D eigenvalue weighted by molar-refractivity contribution is 9.09. The highest BCUT2D eigenvalue weighted by atomic mass is 79.9. The summed E-state index contributed by atoms with van der Waals surface area (Å²) in [6.45, 7) is 0. The van der Waals surface area contributed by atoms with Crippen LogP contribution in [0, 0.1) is 0 Å². The van der Waals surface area contributed by atoms with Gasteiger partial charge >= 0.3 is 0 Å². The first-order valence-corrected chi connectivity index (χ1v) is 4.94. The van der Waals surface area contributed by atoms with Crippen LogP contribution in [-0.4, -0.2) is 11.6 Å². The summed E-state index contributed by atoms with van der Waals surface area (Å²) in [7, 11) is 0. The number of halogens is 1. The molecule has 0 aromatic heterocycles. The molecular weight excluding hydrogens is 234 g/mol. The topological polar surface area (TPSA) is 52.3 Å². The smallest absolute Gasteiger partial charge is 0.157 e. The molecule has 0 fully saturated rings. The normalized spacial score (nSPS) is 9.69. The third-order valence-electron chi connectivity index (χ3n) is 1.72. The van der Waals surface area contributed by atoms with E-state index in [-0.39, 0.29) is 0 Å². The van der Waals surface area contributed by atoms with Gasteiger partial charge in [-0.05, 0) is 24.1 Å². The van der Waals surface area contributed by atoms with Gasteiger partial charge in [0.05, 0.1) is 5.56 Å². The molecule has 0 radical (unpaired) electrons. The van der Waals surface area contributed by atoms with Crippen molar-refractivity contribution < 1.29 is 9.63 Å². The zero-order valence-corrected chi connectivity index (χ0v) is 8.58. The van der Waals surface area contributed by atoms with Gasteiger partial charge in [0, 0.05) is 5.33 Å². The van der Waals surface area contributed by atoms with Gasteiger partial charge in [-0.2, -0.15) is 5.90 Å². The van der Waals surface area contributed by atoms with Gasteiger partial charge in [-0.25, -0.2) is 0 Å². The van der Waals surface area contributed by atoms with Crippen molar-refractivity contribution in [1.82, 2.24) is 0 Å². The van der Waals surface area contributed by atoms with E-state index >= 15 is 0 Å². The maximum atomic E-state index is 10.5. The van der Waals surface area contributed by atoms with Crippen LogP contribution in [0.5, 0.6) is 5.75 Å². The molecule has 0 spiro atoms. The summed E-state index contributed by atoms with van der Waals surface area (Å²) in [6, 6.07) is 5.35. The minimum atomic E-state index is 0.424. The maximum absolute atomic E-state index is 10.5. The van der Waals surface area contributed by atoms with E-state index < -0.39 is 0 Å². The molecule has 0 atom stereocenters. The number of hydrogen-bond donors (Lipinski definition) is 1. The number of carbonyl (C=O) groups excluding carboxylic acids is 1. The van der Waals surface area contributed by atoms with Gasteiger partial charge in [0.15, 0.2) is 12.0 Å². The summed E-state index contributed by atoms with van der Waals surface area (Å²) >= 11 is 3.33. The number of benzene rings is 1. The van der Waals surface area contributed by atoms with Crippen molar-refractivity contribution in [3.63, 3.8) is 0 Å². The van der Waals surface area contributed by atoms with Crippen molar-refractivity contribution >= 4 is 22.2 Å². The minimum absolute atomic E-state index is 0.424. The lowest BCUT2D eigenvalue weighted by molar-refractivity contribution is 0.111. The van der Waals surface area contributed by atoms with Crippen molar-refractivity contribution in [2.75, 3.05) is 5.33 Å². The van der Waals surface area contributed by atoms with Crippen LogP contribution < -0.4 is 10.7 Å². The summed E-state index contributed by atoms with van der Waals surface area (Å²) < 4.78 is 0. The van der Waals surface area contributed by atoms with E-state index in [1.54, 1.807) is 12.1 Å². The van der Waals surface area contributed by atoms with E-state index in [4.69, 9.17) is 5.90 Å². The Labute approximate surface area is 85.0 Å². The highest BCUT2D eigenvalue weighted by Gasteiger charge is 2.03. The standard InChI is InChI=1S/C9H10BrNO2/c10-4-3-7-1-2-8(6-12)9(5-7)13-11/h1-2,5-6H,3-4,11H2. The van der Waals surface area contributed by atoms with Crippen LogP contribution in [0.15, 0.2) is 18.2 Å². The van der Waals surface area contributed by atoms with E-state index in [0.717, 1.165) is 23.6 Å². The maximum Gasteiger partial charge on any atom is 0.157 e. The molecule has 0 heterocycles. The summed E-state index contributed by atoms with van der Waals surface area (Å²) in [4.78, 5) is 15.1. The molecule has 3 nitrogen and oxygen atoms in total. The molecule has 0 saturated heterocycles. The predicted molar refractivity (Wildman–Crippen MR) is 54.1 cm³/mol. The quantitative estimate of drug-likeness (QED) is 0.498. The van der Waals surface area contributed by atoms with Crippen molar-refractivity contribution in [3.8, 4) is 5.75 Å². The Morgan fingerprint density at radius 1 is 1.54 bits per heavy atom. The molecule has 13 heavy (non-hydrogen) atoms. The molecule has 0 aliphatic carbocycles. The molecule has 0 aliphatic heterocycles. The predicted octanol–water partition coefficient (Wildman–Crippen LogP) is 1.69. The van der Waals surface area contributed by atoms with Gasteiger partial charge in [-0.3, -0.25) is 4.79 Å². The fourth-order valence-electron chi connectivity index (χ4n) is 1.04. The highest BCUT2D eigenvalue weighted by Crippen LogP contribution is 2.18. The monoisotopic (exact) mass is 243 g/mol. The van der Waals surface area contributed by atoms with Gasteiger partial charge in [-0.1, -0.05) is 22.0 Å². The lowest BCUT2D eigenvalue weighted by atomic mass is 10.1. The minimum Gasteiger partial charge on any atom is -0.411 e. The number of hydrogen-bond acceptors (Lipinski definition) is 3. The van der Waals surface area contributed by atoms with Crippen molar-refractivity contribution in [2.45, 2.75) is 6.42 Å². The second-order valence-electron chi connectivity index (χ2n) is 2.55.